The minimum atomic E-state index is -2.11. The Balaban J connectivity index is 2.21. The first-order valence-corrected chi connectivity index (χ1v) is 16.6. The summed E-state index contributed by atoms with van der Waals surface area (Å²) < 4.78 is 12.1. The van der Waals surface area contributed by atoms with Crippen LogP contribution in [0.25, 0.3) is 0 Å². The summed E-state index contributed by atoms with van der Waals surface area (Å²) in [6.07, 6.45) is 5.42. The van der Waals surface area contributed by atoms with Crippen molar-refractivity contribution in [2.24, 2.45) is 11.8 Å². The van der Waals surface area contributed by atoms with Crippen molar-refractivity contribution in [1.29, 1.82) is 0 Å². The zero-order chi connectivity index (χ0) is 26.1. The second-order valence-corrected chi connectivity index (χ2v) is 18.7. The van der Waals surface area contributed by atoms with Crippen molar-refractivity contribution < 1.29 is 23.5 Å². The molecule has 0 radical (unpaired) electrons. The lowest BCUT2D eigenvalue weighted by atomic mass is 9.77. The van der Waals surface area contributed by atoms with Crippen molar-refractivity contribution in [1.82, 2.24) is 4.90 Å². The molecule has 2 fully saturated rings. The Morgan fingerprint density at radius 1 is 1.06 bits per heavy atom. The first-order valence-electron chi connectivity index (χ1n) is 12.9. The van der Waals surface area contributed by atoms with E-state index in [1.807, 2.05) is 34.6 Å². The second kappa shape index (κ2) is 11.0. The smallest absolute Gasteiger partial charge is 0.326 e. The van der Waals surface area contributed by atoms with Gasteiger partial charge in [-0.05, 0) is 58.7 Å². The van der Waals surface area contributed by atoms with Crippen molar-refractivity contribution >= 4 is 37.1 Å². The van der Waals surface area contributed by atoms with Gasteiger partial charge in [0.1, 0.15) is 12.1 Å². The van der Waals surface area contributed by atoms with Crippen molar-refractivity contribution in [3.05, 3.63) is 0 Å². The predicted molar refractivity (Wildman–Crippen MR) is 141 cm³/mol. The molecule has 6 nitrogen and oxygen atoms in total. The maximum absolute atomic E-state index is 13.3. The molecule has 2 rings (SSSR count). The number of β-lactam (4-membered cyclic amide) rings is 1. The molecule has 1 aliphatic heterocycles. The zero-order valence-corrected chi connectivity index (χ0v) is 24.8. The topological polar surface area (TPSA) is 72.9 Å². The highest BCUT2D eigenvalue weighted by atomic mass is 32.2. The number of hydrogen-bond acceptors (Lipinski definition) is 6. The molecule has 0 aromatic carbocycles. The lowest BCUT2D eigenvalue weighted by molar-refractivity contribution is -0.178. The Hall–Kier alpha value is -0.863. The average molecular weight is 514 g/mol. The SMILES string of the molecule is C[C@@H](O[Si](C)(C)C(C)(C)C)[C@H]1C(=O)N(CC(=O)OC(C)(C)C)[C@@H]1[C@@H](C)C(=O)SC1CCCCC1. The number of carbonyl (C=O) groups is 3. The molecule has 0 N–H and O–H groups in total. The van der Waals surface area contributed by atoms with Crippen LogP contribution in [-0.2, 0) is 23.5 Å². The highest BCUT2D eigenvalue weighted by molar-refractivity contribution is 8.14. The molecule has 2 aliphatic rings. The molecule has 196 valence electrons. The maximum atomic E-state index is 13.3. The summed E-state index contributed by atoms with van der Waals surface area (Å²) >= 11 is 1.44. The van der Waals surface area contributed by atoms with Gasteiger partial charge in [-0.3, -0.25) is 14.4 Å². The lowest BCUT2D eigenvalue weighted by Crippen LogP contribution is -2.69. The van der Waals surface area contributed by atoms with Crippen LogP contribution < -0.4 is 0 Å². The maximum Gasteiger partial charge on any atom is 0.326 e. The Labute approximate surface area is 212 Å². The van der Waals surface area contributed by atoms with Crippen molar-refractivity contribution in [3.8, 4) is 0 Å². The largest absolute Gasteiger partial charge is 0.459 e. The summed E-state index contributed by atoms with van der Waals surface area (Å²) in [6.45, 7) is 20.0. The first-order chi connectivity index (χ1) is 15.4. The van der Waals surface area contributed by atoms with Gasteiger partial charge in [0.05, 0.1) is 18.1 Å². The lowest BCUT2D eigenvalue weighted by Gasteiger charge is -2.52. The van der Waals surface area contributed by atoms with E-state index in [9.17, 15) is 14.4 Å². The fraction of sp³-hybridized carbons (Fsp3) is 0.885. The van der Waals surface area contributed by atoms with Gasteiger partial charge in [-0.1, -0.05) is 58.7 Å². The number of ether oxygens (including phenoxy) is 1. The van der Waals surface area contributed by atoms with Crippen LogP contribution in [0.5, 0.6) is 0 Å². The summed E-state index contributed by atoms with van der Waals surface area (Å²) in [7, 11) is -2.11. The van der Waals surface area contributed by atoms with Crippen molar-refractivity contribution in [3.63, 3.8) is 0 Å². The van der Waals surface area contributed by atoms with Crippen LogP contribution in [0.2, 0.25) is 18.1 Å². The average Bonchev–Trinajstić information content (AvgIpc) is 2.67. The minimum Gasteiger partial charge on any atom is -0.459 e. The number of hydrogen-bond donors (Lipinski definition) is 0. The number of rotatable bonds is 8. The number of amides is 1. The molecular weight excluding hydrogens is 466 g/mol. The Morgan fingerprint density at radius 3 is 2.12 bits per heavy atom. The summed E-state index contributed by atoms with van der Waals surface area (Å²) in [5.74, 6) is -1.36. The van der Waals surface area contributed by atoms with Gasteiger partial charge in [0.2, 0.25) is 5.91 Å². The van der Waals surface area contributed by atoms with E-state index in [2.05, 4.69) is 33.9 Å². The van der Waals surface area contributed by atoms with E-state index in [0.29, 0.717) is 5.25 Å². The van der Waals surface area contributed by atoms with Crippen LogP contribution in [0.1, 0.15) is 87.5 Å². The van der Waals surface area contributed by atoms with Gasteiger partial charge in [-0.2, -0.15) is 0 Å². The van der Waals surface area contributed by atoms with E-state index >= 15 is 0 Å². The van der Waals surface area contributed by atoms with Gasteiger partial charge < -0.3 is 14.1 Å². The van der Waals surface area contributed by atoms with Crippen LogP contribution >= 0.6 is 11.8 Å². The van der Waals surface area contributed by atoms with Gasteiger partial charge in [-0.25, -0.2) is 0 Å². The highest BCUT2D eigenvalue weighted by Crippen LogP contribution is 2.43. The molecule has 0 bridgehead atoms. The van der Waals surface area contributed by atoms with Crippen LogP contribution in [-0.4, -0.2) is 59.8 Å². The molecule has 0 spiro atoms. The number of esters is 1. The number of nitrogens with zero attached hydrogens (tertiary/aromatic N) is 1. The van der Waals surface area contributed by atoms with Gasteiger partial charge in [0, 0.05) is 11.2 Å². The standard InChI is InChI=1S/C26H47NO5SSi/c1-17(24(30)33-19-14-12-11-13-15-19)22-21(18(2)32-34(9,10)26(6,7)8)23(29)27(22)16-20(28)31-25(3,4)5/h17-19,21-22H,11-16H2,1-10H3/t17-,18-,21-,22-/m1/s1. The molecule has 0 aromatic rings. The second-order valence-electron chi connectivity index (χ2n) is 12.6. The summed E-state index contributed by atoms with van der Waals surface area (Å²) in [6, 6.07) is -0.358. The van der Waals surface area contributed by atoms with E-state index in [1.165, 1.54) is 31.0 Å². The molecule has 1 saturated carbocycles. The van der Waals surface area contributed by atoms with E-state index in [1.54, 1.807) is 4.90 Å². The van der Waals surface area contributed by atoms with Crippen molar-refractivity contribution in [2.75, 3.05) is 6.54 Å². The first kappa shape index (κ1) is 29.4. The quantitative estimate of drug-likeness (QED) is 0.232. The van der Waals surface area contributed by atoms with Gasteiger partial charge in [0.25, 0.3) is 0 Å². The molecule has 1 amide bonds. The minimum absolute atomic E-state index is 0.0119. The third kappa shape index (κ3) is 7.32. The number of likely N-dealkylation sites (tertiary alicyclic amines) is 1. The van der Waals surface area contributed by atoms with E-state index < -0.39 is 25.8 Å². The fourth-order valence-electron chi connectivity index (χ4n) is 4.66. The van der Waals surface area contributed by atoms with Crippen molar-refractivity contribution in [2.45, 2.75) is 129 Å². The van der Waals surface area contributed by atoms with Crippen LogP contribution in [0, 0.1) is 11.8 Å². The van der Waals surface area contributed by atoms with Gasteiger partial charge >= 0.3 is 5.97 Å². The number of carbonyl (C=O) groups excluding carboxylic acids is 3. The summed E-state index contributed by atoms with van der Waals surface area (Å²) in [4.78, 5) is 40.7. The van der Waals surface area contributed by atoms with E-state index in [-0.39, 0.29) is 40.7 Å². The molecule has 1 aliphatic carbocycles. The molecule has 4 atom stereocenters. The van der Waals surface area contributed by atoms with Gasteiger partial charge in [-0.15, -0.1) is 0 Å². The van der Waals surface area contributed by atoms with Crippen LogP contribution in [0.4, 0.5) is 0 Å². The molecule has 8 heteroatoms. The summed E-state index contributed by atoms with van der Waals surface area (Å²) in [5.41, 5.74) is -0.628. The summed E-state index contributed by atoms with van der Waals surface area (Å²) in [5, 5.41) is 0.485. The van der Waals surface area contributed by atoms with E-state index in [0.717, 1.165) is 12.8 Å². The molecular formula is C26H47NO5SSi. The fourth-order valence-corrected chi connectivity index (χ4v) is 7.34. The van der Waals surface area contributed by atoms with Crippen LogP contribution in [0.3, 0.4) is 0 Å². The normalized spacial score (nSPS) is 24.4. The Bertz CT molecular complexity index is 751. The molecule has 1 heterocycles. The van der Waals surface area contributed by atoms with E-state index in [4.69, 9.17) is 9.16 Å². The predicted octanol–water partition coefficient (Wildman–Crippen LogP) is 5.79. The molecule has 0 unspecified atom stereocenters. The zero-order valence-electron chi connectivity index (χ0n) is 23.0. The Morgan fingerprint density at radius 2 is 1.62 bits per heavy atom. The van der Waals surface area contributed by atoms with Gasteiger partial charge in [0.15, 0.2) is 13.4 Å². The van der Waals surface area contributed by atoms with Crippen LogP contribution in [0.15, 0.2) is 0 Å². The molecule has 1 saturated heterocycles. The third-order valence-electron chi connectivity index (χ3n) is 7.53. The molecule has 0 aromatic heterocycles. The molecule has 34 heavy (non-hydrogen) atoms. The highest BCUT2D eigenvalue weighted by Gasteiger charge is 2.56. The number of thioether (sulfide) groups is 1. The Kier molecular flexibility index (Phi) is 9.53. The third-order valence-corrected chi connectivity index (χ3v) is 13.5. The monoisotopic (exact) mass is 513 g/mol.